The van der Waals surface area contributed by atoms with Crippen LogP contribution in [0.3, 0.4) is 0 Å². The molecule has 1 saturated heterocycles. The maximum absolute atomic E-state index is 12.4. The topological polar surface area (TPSA) is 95.7 Å². The Morgan fingerprint density at radius 2 is 1.59 bits per heavy atom. The second kappa shape index (κ2) is 9.49. The van der Waals surface area contributed by atoms with Crippen LogP contribution in [0.5, 0.6) is 0 Å². The summed E-state index contributed by atoms with van der Waals surface area (Å²) in [5, 5.41) is 7.90. The highest BCUT2D eigenvalue weighted by Gasteiger charge is 2.17. The lowest BCUT2D eigenvalue weighted by Gasteiger charge is -2.21. The summed E-state index contributed by atoms with van der Waals surface area (Å²) in [6.45, 7) is 6.98. The Bertz CT molecular complexity index is 927. The van der Waals surface area contributed by atoms with Gasteiger partial charge in [-0.1, -0.05) is 29.8 Å². The van der Waals surface area contributed by atoms with Crippen molar-refractivity contribution in [3.63, 3.8) is 0 Å². The number of nitrogens with two attached hydrogens (primary N) is 1. The van der Waals surface area contributed by atoms with Gasteiger partial charge >= 0.3 is 0 Å². The number of sulfonamides is 1. The molecule has 1 fully saturated rings. The average molecular weight is 417 g/mol. The number of nitrogens with zero attached hydrogens (tertiary/aromatic N) is 2. The first-order chi connectivity index (χ1) is 13.8. The number of rotatable bonds is 6. The molecule has 3 rings (SSSR count). The molecule has 7 nitrogen and oxygen atoms in total. The van der Waals surface area contributed by atoms with Gasteiger partial charge in [0.1, 0.15) is 0 Å². The lowest BCUT2D eigenvalue weighted by Crippen LogP contribution is -2.36. The molecule has 2 aromatic rings. The van der Waals surface area contributed by atoms with Gasteiger partial charge in [0.2, 0.25) is 15.9 Å². The molecule has 0 aliphatic carbocycles. The largest absolute Gasteiger partial charge is 0.325 e. The number of carbonyl (C=O) groups is 1. The fourth-order valence-corrected chi connectivity index (χ4v) is 3.94. The van der Waals surface area contributed by atoms with Gasteiger partial charge in [-0.05, 0) is 56.3 Å². The van der Waals surface area contributed by atoms with Gasteiger partial charge in [0.25, 0.3) is 0 Å². The molecule has 1 aliphatic rings. The Morgan fingerprint density at radius 1 is 0.966 bits per heavy atom. The fourth-order valence-electron chi connectivity index (χ4n) is 3.42. The van der Waals surface area contributed by atoms with Gasteiger partial charge in [0.15, 0.2) is 0 Å². The molecular formula is C21H28N4O3S. The van der Waals surface area contributed by atoms with Crippen LogP contribution >= 0.6 is 0 Å². The van der Waals surface area contributed by atoms with Gasteiger partial charge in [0, 0.05) is 25.3 Å². The number of primary sulfonamides is 1. The number of nitrogens with one attached hydrogen (secondary N) is 1. The minimum absolute atomic E-state index is 0.0247. The Kier molecular flexibility index (Phi) is 7.02. The summed E-state index contributed by atoms with van der Waals surface area (Å²) in [6, 6.07) is 14.5. The van der Waals surface area contributed by atoms with Crippen LogP contribution < -0.4 is 10.5 Å². The second-order valence-electron chi connectivity index (χ2n) is 7.51. The van der Waals surface area contributed by atoms with Crippen LogP contribution in [0, 0.1) is 6.92 Å². The van der Waals surface area contributed by atoms with Crippen molar-refractivity contribution in [2.45, 2.75) is 24.8 Å². The van der Waals surface area contributed by atoms with Gasteiger partial charge in [-0.25, -0.2) is 13.6 Å². The maximum Gasteiger partial charge on any atom is 0.238 e. The van der Waals surface area contributed by atoms with E-state index < -0.39 is 10.0 Å². The number of anilines is 1. The Morgan fingerprint density at radius 3 is 2.24 bits per heavy atom. The lowest BCUT2D eigenvalue weighted by atomic mass is 10.1. The summed E-state index contributed by atoms with van der Waals surface area (Å²) in [7, 11) is -3.73. The van der Waals surface area contributed by atoms with E-state index in [9.17, 15) is 13.2 Å². The molecule has 0 radical (unpaired) electrons. The van der Waals surface area contributed by atoms with E-state index >= 15 is 0 Å². The number of carbonyl (C=O) groups excluding carboxylic acids is 1. The van der Waals surface area contributed by atoms with Crippen LogP contribution in [0.15, 0.2) is 53.4 Å². The predicted octanol–water partition coefficient (Wildman–Crippen LogP) is 1.79. The number of amides is 1. The molecule has 0 saturated carbocycles. The average Bonchev–Trinajstić information content (AvgIpc) is 2.88. The Balaban J connectivity index is 1.48. The molecule has 1 amide bonds. The van der Waals surface area contributed by atoms with Gasteiger partial charge < -0.3 is 5.32 Å². The first-order valence-corrected chi connectivity index (χ1v) is 11.3. The van der Waals surface area contributed by atoms with E-state index in [-0.39, 0.29) is 10.8 Å². The molecule has 0 unspecified atom stereocenters. The zero-order valence-corrected chi connectivity index (χ0v) is 17.5. The normalized spacial score (nSPS) is 16.3. The predicted molar refractivity (Wildman–Crippen MR) is 114 cm³/mol. The number of benzene rings is 2. The highest BCUT2D eigenvalue weighted by Crippen LogP contribution is 2.13. The van der Waals surface area contributed by atoms with E-state index in [2.05, 4.69) is 46.3 Å². The monoisotopic (exact) mass is 416 g/mol. The van der Waals surface area contributed by atoms with Crippen molar-refractivity contribution in [1.29, 1.82) is 0 Å². The maximum atomic E-state index is 12.4. The first-order valence-electron chi connectivity index (χ1n) is 9.72. The lowest BCUT2D eigenvalue weighted by molar-refractivity contribution is -0.117. The van der Waals surface area contributed by atoms with Crippen molar-refractivity contribution in [3.8, 4) is 0 Å². The van der Waals surface area contributed by atoms with Gasteiger partial charge in [0.05, 0.1) is 11.4 Å². The molecule has 1 aliphatic heterocycles. The third-order valence-corrected chi connectivity index (χ3v) is 5.97. The van der Waals surface area contributed by atoms with E-state index in [1.807, 2.05) is 0 Å². The molecule has 1 heterocycles. The van der Waals surface area contributed by atoms with E-state index in [4.69, 9.17) is 5.14 Å². The van der Waals surface area contributed by atoms with Crippen molar-refractivity contribution >= 4 is 21.6 Å². The van der Waals surface area contributed by atoms with Crippen molar-refractivity contribution in [1.82, 2.24) is 9.80 Å². The van der Waals surface area contributed by atoms with Crippen LogP contribution in [0.4, 0.5) is 5.69 Å². The van der Waals surface area contributed by atoms with E-state index in [1.165, 1.54) is 23.3 Å². The highest BCUT2D eigenvalue weighted by atomic mass is 32.2. The second-order valence-corrected chi connectivity index (χ2v) is 9.07. The van der Waals surface area contributed by atoms with Crippen LogP contribution in [-0.2, 0) is 21.4 Å². The number of hydrogen-bond donors (Lipinski definition) is 2. The zero-order valence-electron chi connectivity index (χ0n) is 16.7. The van der Waals surface area contributed by atoms with Gasteiger partial charge in [-0.15, -0.1) is 0 Å². The molecule has 0 bridgehead atoms. The van der Waals surface area contributed by atoms with Crippen LogP contribution in [0.1, 0.15) is 17.5 Å². The highest BCUT2D eigenvalue weighted by molar-refractivity contribution is 7.89. The first kappa shape index (κ1) is 21.4. The Hall–Kier alpha value is -2.26. The number of aryl methyl sites for hydroxylation is 1. The molecule has 8 heteroatoms. The molecule has 0 spiro atoms. The van der Waals surface area contributed by atoms with Crippen LogP contribution in [0.25, 0.3) is 0 Å². The van der Waals surface area contributed by atoms with E-state index in [0.29, 0.717) is 12.2 Å². The fraction of sp³-hybridized carbons (Fsp3) is 0.381. The van der Waals surface area contributed by atoms with Crippen LogP contribution in [0.2, 0.25) is 0 Å². The third-order valence-electron chi connectivity index (χ3n) is 5.04. The van der Waals surface area contributed by atoms with E-state index in [0.717, 1.165) is 39.1 Å². The smallest absolute Gasteiger partial charge is 0.238 e. The third kappa shape index (κ3) is 6.64. The van der Waals surface area contributed by atoms with Gasteiger partial charge in [-0.3, -0.25) is 14.6 Å². The van der Waals surface area contributed by atoms with Crippen molar-refractivity contribution in [2.24, 2.45) is 5.14 Å². The molecule has 29 heavy (non-hydrogen) atoms. The SMILES string of the molecule is Cc1ccc(CN2CCCN(CC(=O)Nc3ccc(S(N)(=O)=O)cc3)CC2)cc1. The molecule has 156 valence electrons. The summed E-state index contributed by atoms with van der Waals surface area (Å²) in [6.07, 6.45) is 1.02. The summed E-state index contributed by atoms with van der Waals surface area (Å²) < 4.78 is 22.6. The molecular weight excluding hydrogens is 388 g/mol. The minimum Gasteiger partial charge on any atom is -0.325 e. The molecule has 2 aromatic carbocycles. The summed E-state index contributed by atoms with van der Waals surface area (Å²) in [5.41, 5.74) is 3.13. The number of hydrogen-bond acceptors (Lipinski definition) is 5. The summed E-state index contributed by atoms with van der Waals surface area (Å²) in [4.78, 5) is 17.0. The van der Waals surface area contributed by atoms with Gasteiger partial charge in [-0.2, -0.15) is 0 Å². The zero-order chi connectivity index (χ0) is 20.9. The minimum atomic E-state index is -3.73. The molecule has 0 atom stereocenters. The molecule has 3 N–H and O–H groups in total. The van der Waals surface area contributed by atoms with Crippen molar-refractivity contribution < 1.29 is 13.2 Å². The summed E-state index contributed by atoms with van der Waals surface area (Å²) in [5.74, 6) is -0.111. The standard InChI is InChI=1S/C21H28N4O3S/c1-17-3-5-18(6-4-17)15-24-11-2-12-25(14-13-24)16-21(26)23-19-7-9-20(10-8-19)29(22,27)28/h3-10H,2,11-16H2,1H3,(H,23,26)(H2,22,27,28). The molecule has 0 aromatic heterocycles. The van der Waals surface area contributed by atoms with E-state index in [1.54, 1.807) is 12.1 Å². The van der Waals surface area contributed by atoms with Crippen molar-refractivity contribution in [3.05, 3.63) is 59.7 Å². The quantitative estimate of drug-likeness (QED) is 0.749. The summed E-state index contributed by atoms with van der Waals surface area (Å²) >= 11 is 0. The van der Waals surface area contributed by atoms with Crippen LogP contribution in [-0.4, -0.2) is 56.8 Å². The van der Waals surface area contributed by atoms with Crippen molar-refractivity contribution in [2.75, 3.05) is 38.0 Å². The Labute approximate surface area is 172 Å².